The third kappa shape index (κ3) is 2.93. The van der Waals surface area contributed by atoms with Gasteiger partial charge in [0.05, 0.1) is 23.3 Å². The first-order chi connectivity index (χ1) is 8.97. The van der Waals surface area contributed by atoms with Gasteiger partial charge in [-0.2, -0.15) is 5.10 Å². The Balaban J connectivity index is 1.98. The van der Waals surface area contributed by atoms with Gasteiger partial charge in [-0.05, 0) is 20.8 Å². The third-order valence-electron chi connectivity index (χ3n) is 2.87. The Bertz CT molecular complexity index is 587. The molecule has 0 saturated heterocycles. The van der Waals surface area contributed by atoms with Gasteiger partial charge < -0.3 is 9.84 Å². The average molecular weight is 263 g/mol. The molecule has 2 heterocycles. The Labute approximate surface area is 111 Å². The summed E-state index contributed by atoms with van der Waals surface area (Å²) < 4.78 is 6.68. The van der Waals surface area contributed by atoms with Crippen LogP contribution < -0.4 is 10.6 Å². The van der Waals surface area contributed by atoms with Gasteiger partial charge in [0.1, 0.15) is 6.04 Å². The van der Waals surface area contributed by atoms with Crippen LogP contribution in [0.25, 0.3) is 0 Å². The second-order valence-electron chi connectivity index (χ2n) is 4.46. The quantitative estimate of drug-likeness (QED) is 0.872. The van der Waals surface area contributed by atoms with E-state index in [0.29, 0.717) is 5.88 Å². The molecule has 0 aliphatic rings. The molecule has 2 rings (SSSR count). The number of carbonyl (C=O) groups excluding carboxylic acids is 1. The molecule has 2 aromatic heterocycles. The zero-order chi connectivity index (χ0) is 14.0. The Kier molecular flexibility index (Phi) is 3.55. The number of carbonyl (C=O) groups is 1. The molecule has 0 spiro atoms. The molecule has 1 amide bonds. The van der Waals surface area contributed by atoms with E-state index < -0.39 is 6.04 Å². The number of nitrogens with zero attached hydrogens (tertiary/aromatic N) is 3. The number of aromatic nitrogens is 3. The van der Waals surface area contributed by atoms with Crippen LogP contribution in [0.15, 0.2) is 16.8 Å². The third-order valence-corrected chi connectivity index (χ3v) is 2.87. The van der Waals surface area contributed by atoms with Crippen LogP contribution in [0.1, 0.15) is 18.3 Å². The molecule has 0 radical (unpaired) electrons. The van der Waals surface area contributed by atoms with Crippen molar-refractivity contribution in [2.24, 2.45) is 7.05 Å². The summed E-state index contributed by atoms with van der Waals surface area (Å²) in [7, 11) is 1.85. The molecule has 102 valence electrons. The van der Waals surface area contributed by atoms with Crippen molar-refractivity contribution in [2.75, 3.05) is 10.6 Å². The average Bonchev–Trinajstić information content (AvgIpc) is 2.90. The molecular formula is C12H17N5O2. The van der Waals surface area contributed by atoms with Gasteiger partial charge in [-0.15, -0.1) is 0 Å². The van der Waals surface area contributed by atoms with E-state index in [0.717, 1.165) is 17.1 Å². The van der Waals surface area contributed by atoms with Crippen molar-refractivity contribution in [3.05, 3.63) is 23.7 Å². The summed E-state index contributed by atoms with van der Waals surface area (Å²) in [5, 5.41) is 13.6. The van der Waals surface area contributed by atoms with Gasteiger partial charge in [-0.1, -0.05) is 5.16 Å². The molecule has 0 aliphatic carbocycles. The number of rotatable bonds is 4. The Morgan fingerprint density at radius 2 is 2.21 bits per heavy atom. The first-order valence-electron chi connectivity index (χ1n) is 5.96. The summed E-state index contributed by atoms with van der Waals surface area (Å²) in [6.07, 6.45) is 1.69. The van der Waals surface area contributed by atoms with Crippen LogP contribution in [0, 0.1) is 13.8 Å². The second kappa shape index (κ2) is 5.13. The van der Waals surface area contributed by atoms with E-state index in [1.165, 1.54) is 0 Å². The highest BCUT2D eigenvalue weighted by Gasteiger charge is 2.16. The molecule has 0 aliphatic heterocycles. The summed E-state index contributed by atoms with van der Waals surface area (Å²) in [5.74, 6) is 0.151. The van der Waals surface area contributed by atoms with Crippen LogP contribution >= 0.6 is 0 Å². The molecule has 0 saturated carbocycles. The van der Waals surface area contributed by atoms with Crippen LogP contribution in [0.5, 0.6) is 0 Å². The van der Waals surface area contributed by atoms with Crippen molar-refractivity contribution in [3.63, 3.8) is 0 Å². The highest BCUT2D eigenvalue weighted by atomic mass is 16.5. The topological polar surface area (TPSA) is 85.0 Å². The molecule has 1 unspecified atom stereocenters. The van der Waals surface area contributed by atoms with Crippen LogP contribution in [0.2, 0.25) is 0 Å². The first-order valence-corrected chi connectivity index (χ1v) is 5.96. The Hall–Kier alpha value is -2.31. The van der Waals surface area contributed by atoms with Crippen molar-refractivity contribution in [3.8, 4) is 0 Å². The second-order valence-corrected chi connectivity index (χ2v) is 4.46. The normalized spacial score (nSPS) is 12.2. The van der Waals surface area contributed by atoms with E-state index in [-0.39, 0.29) is 5.91 Å². The van der Waals surface area contributed by atoms with Crippen molar-refractivity contribution in [1.29, 1.82) is 0 Å². The van der Waals surface area contributed by atoms with Crippen molar-refractivity contribution in [1.82, 2.24) is 14.9 Å². The van der Waals surface area contributed by atoms with E-state index in [4.69, 9.17) is 4.52 Å². The van der Waals surface area contributed by atoms with Crippen molar-refractivity contribution in [2.45, 2.75) is 26.8 Å². The number of hydrogen-bond acceptors (Lipinski definition) is 5. The Morgan fingerprint density at radius 1 is 1.47 bits per heavy atom. The minimum absolute atomic E-state index is 0.195. The standard InChI is InChI=1S/C12H17N5O2/c1-7-5-11(19-16-7)15-12(18)8(2)14-10-6-13-17(4)9(10)3/h5-6,8,14H,1-4H3,(H,15,18). The zero-order valence-electron chi connectivity index (χ0n) is 11.4. The zero-order valence-corrected chi connectivity index (χ0v) is 11.4. The van der Waals surface area contributed by atoms with E-state index in [2.05, 4.69) is 20.9 Å². The van der Waals surface area contributed by atoms with Gasteiger partial charge >= 0.3 is 0 Å². The molecule has 19 heavy (non-hydrogen) atoms. The van der Waals surface area contributed by atoms with Crippen LogP contribution in [0.4, 0.5) is 11.6 Å². The molecule has 0 fully saturated rings. The molecule has 2 aromatic rings. The van der Waals surface area contributed by atoms with Gasteiger partial charge in [0, 0.05) is 13.1 Å². The Morgan fingerprint density at radius 3 is 2.74 bits per heavy atom. The van der Waals surface area contributed by atoms with Gasteiger partial charge in [-0.25, -0.2) is 0 Å². The maximum Gasteiger partial charge on any atom is 0.248 e. The van der Waals surface area contributed by atoms with E-state index in [9.17, 15) is 4.79 Å². The summed E-state index contributed by atoms with van der Waals surface area (Å²) >= 11 is 0. The summed E-state index contributed by atoms with van der Waals surface area (Å²) in [4.78, 5) is 12.0. The first kappa shape index (κ1) is 13.1. The molecule has 2 N–H and O–H groups in total. The highest BCUT2D eigenvalue weighted by Crippen LogP contribution is 2.14. The summed E-state index contributed by atoms with van der Waals surface area (Å²) in [6, 6.07) is 1.26. The van der Waals surface area contributed by atoms with Crippen LogP contribution in [-0.4, -0.2) is 26.9 Å². The van der Waals surface area contributed by atoms with Gasteiger partial charge in [0.15, 0.2) is 0 Å². The summed E-state index contributed by atoms with van der Waals surface area (Å²) in [5.41, 5.74) is 2.52. The van der Waals surface area contributed by atoms with Gasteiger partial charge in [0.2, 0.25) is 11.8 Å². The number of anilines is 2. The number of amides is 1. The molecule has 7 nitrogen and oxygen atoms in total. The van der Waals surface area contributed by atoms with E-state index in [1.54, 1.807) is 30.8 Å². The number of hydrogen-bond donors (Lipinski definition) is 2. The molecule has 7 heteroatoms. The van der Waals surface area contributed by atoms with Gasteiger partial charge in [0.25, 0.3) is 0 Å². The smallest absolute Gasteiger partial charge is 0.248 e. The molecular weight excluding hydrogens is 246 g/mol. The maximum atomic E-state index is 12.0. The molecule has 1 atom stereocenters. The van der Waals surface area contributed by atoms with E-state index >= 15 is 0 Å². The lowest BCUT2D eigenvalue weighted by atomic mass is 10.3. The lowest BCUT2D eigenvalue weighted by Crippen LogP contribution is -2.31. The lowest BCUT2D eigenvalue weighted by Gasteiger charge is -2.13. The fraction of sp³-hybridized carbons (Fsp3) is 0.417. The maximum absolute atomic E-state index is 12.0. The fourth-order valence-electron chi connectivity index (χ4n) is 1.59. The predicted octanol–water partition coefficient (Wildman–Crippen LogP) is 1.46. The van der Waals surface area contributed by atoms with Crippen molar-refractivity contribution >= 4 is 17.5 Å². The largest absolute Gasteiger partial charge is 0.371 e. The monoisotopic (exact) mass is 263 g/mol. The van der Waals surface area contributed by atoms with E-state index in [1.807, 2.05) is 14.0 Å². The minimum atomic E-state index is -0.409. The van der Waals surface area contributed by atoms with Crippen LogP contribution in [-0.2, 0) is 11.8 Å². The summed E-state index contributed by atoms with van der Waals surface area (Å²) in [6.45, 7) is 5.49. The molecule has 0 bridgehead atoms. The molecule has 0 aromatic carbocycles. The minimum Gasteiger partial charge on any atom is -0.371 e. The SMILES string of the molecule is Cc1cc(NC(=O)C(C)Nc2cnn(C)c2C)on1. The number of aryl methyl sites for hydroxylation is 2. The fourth-order valence-corrected chi connectivity index (χ4v) is 1.59. The van der Waals surface area contributed by atoms with Gasteiger partial charge in [-0.3, -0.25) is 14.8 Å². The highest BCUT2D eigenvalue weighted by molar-refractivity contribution is 5.95. The van der Waals surface area contributed by atoms with Crippen molar-refractivity contribution < 1.29 is 9.32 Å². The number of nitrogens with one attached hydrogen (secondary N) is 2. The van der Waals surface area contributed by atoms with Crippen LogP contribution in [0.3, 0.4) is 0 Å². The predicted molar refractivity (Wildman–Crippen MR) is 70.9 cm³/mol. The lowest BCUT2D eigenvalue weighted by molar-refractivity contribution is -0.116.